The van der Waals surface area contributed by atoms with E-state index in [4.69, 9.17) is 0 Å². The Labute approximate surface area is 184 Å². The highest BCUT2D eigenvalue weighted by Crippen LogP contribution is 2.66. The molecule has 0 N–H and O–H groups in total. The van der Waals surface area contributed by atoms with E-state index in [1.54, 1.807) is 44.9 Å². The van der Waals surface area contributed by atoms with Crippen molar-refractivity contribution in [1.29, 1.82) is 0 Å². The van der Waals surface area contributed by atoms with Crippen molar-refractivity contribution in [2.75, 3.05) is 0 Å². The highest BCUT2D eigenvalue weighted by atomic mass is 14.6. The lowest BCUT2D eigenvalue weighted by atomic mass is 9.43. The molecule has 7 unspecified atom stereocenters. The van der Waals surface area contributed by atoms with Gasteiger partial charge in [0.15, 0.2) is 0 Å². The Morgan fingerprint density at radius 1 is 1.00 bits per heavy atom. The van der Waals surface area contributed by atoms with Crippen molar-refractivity contribution in [3.63, 3.8) is 0 Å². The van der Waals surface area contributed by atoms with E-state index in [9.17, 15) is 0 Å². The topological polar surface area (TPSA) is 0 Å². The van der Waals surface area contributed by atoms with Gasteiger partial charge in [0.25, 0.3) is 0 Å². The van der Waals surface area contributed by atoms with Crippen LogP contribution < -0.4 is 0 Å². The zero-order valence-electron chi connectivity index (χ0n) is 20.6. The maximum absolute atomic E-state index is 2.51. The summed E-state index contributed by atoms with van der Waals surface area (Å²) in [4.78, 5) is 0. The molecule has 0 aromatic heterocycles. The Morgan fingerprint density at radius 3 is 2.31 bits per heavy atom. The van der Waals surface area contributed by atoms with Gasteiger partial charge >= 0.3 is 0 Å². The minimum atomic E-state index is 0.623. The quantitative estimate of drug-likeness (QED) is 0.326. The largest absolute Gasteiger partial charge is 0.109 e. The predicted octanol–water partition coefficient (Wildman–Crippen LogP) is 8.06. The summed E-state index contributed by atoms with van der Waals surface area (Å²) in [5, 5.41) is 0.623. The number of rotatable bonds is 10. The summed E-state index contributed by atoms with van der Waals surface area (Å²) in [6.07, 6.45) is 23.0. The molecule has 1 heteroatoms. The molecule has 4 aliphatic rings. The van der Waals surface area contributed by atoms with E-state index in [0.717, 1.165) is 46.8 Å². The van der Waals surface area contributed by atoms with Gasteiger partial charge in [0.1, 0.15) is 7.85 Å². The number of hydrogen-bond acceptors (Lipinski definition) is 0. The third kappa shape index (κ3) is 4.95. The third-order valence-corrected chi connectivity index (χ3v) is 10.7. The van der Waals surface area contributed by atoms with Gasteiger partial charge in [-0.25, -0.2) is 0 Å². The Bertz CT molecular complexity index is 530. The molecule has 29 heavy (non-hydrogen) atoms. The van der Waals surface area contributed by atoms with Crippen molar-refractivity contribution in [2.24, 2.45) is 46.8 Å². The molecule has 0 heterocycles. The summed E-state index contributed by atoms with van der Waals surface area (Å²) in [5.41, 5.74) is 0.828. The van der Waals surface area contributed by atoms with E-state index in [0.29, 0.717) is 5.31 Å². The van der Waals surface area contributed by atoms with Gasteiger partial charge in [-0.15, -0.1) is 0 Å². The summed E-state index contributed by atoms with van der Waals surface area (Å²) < 4.78 is 0. The molecule has 4 aliphatic carbocycles. The minimum absolute atomic E-state index is 0.623. The van der Waals surface area contributed by atoms with Gasteiger partial charge in [0, 0.05) is 0 Å². The molecule has 7 atom stereocenters. The summed E-state index contributed by atoms with van der Waals surface area (Å²) in [6.45, 7) is 9.92. The maximum Gasteiger partial charge on any atom is 0.109 e. The first-order valence-corrected chi connectivity index (χ1v) is 13.9. The molecule has 0 aliphatic heterocycles. The van der Waals surface area contributed by atoms with Crippen molar-refractivity contribution in [1.82, 2.24) is 0 Å². The molecule has 1 spiro atoms. The highest BCUT2D eigenvalue weighted by molar-refractivity contribution is 6.14. The lowest BCUT2D eigenvalue weighted by Crippen LogP contribution is -2.52. The van der Waals surface area contributed by atoms with E-state index >= 15 is 0 Å². The fourth-order valence-electron chi connectivity index (χ4n) is 8.55. The predicted molar refractivity (Wildman–Crippen MR) is 130 cm³/mol. The second-order valence-electron chi connectivity index (χ2n) is 13.3. The van der Waals surface area contributed by atoms with Gasteiger partial charge in [0.2, 0.25) is 0 Å². The van der Waals surface area contributed by atoms with E-state index in [-0.39, 0.29) is 0 Å². The third-order valence-electron chi connectivity index (χ3n) is 10.7. The van der Waals surface area contributed by atoms with Crippen molar-refractivity contribution in [3.05, 3.63) is 0 Å². The summed E-state index contributed by atoms with van der Waals surface area (Å²) >= 11 is 0. The average Bonchev–Trinajstić information content (AvgIpc) is 3.35. The van der Waals surface area contributed by atoms with Crippen molar-refractivity contribution >= 4 is 7.85 Å². The molecule has 4 rings (SSSR count). The van der Waals surface area contributed by atoms with Crippen LogP contribution in [0.3, 0.4) is 0 Å². The van der Waals surface area contributed by atoms with Crippen LogP contribution in [-0.4, -0.2) is 7.85 Å². The fraction of sp³-hybridized carbons (Fsp3) is 1.00. The molecule has 0 aromatic rings. The van der Waals surface area contributed by atoms with Crippen molar-refractivity contribution in [2.45, 2.75) is 129 Å². The minimum Gasteiger partial charge on any atom is -0.0669 e. The Morgan fingerprint density at radius 2 is 1.76 bits per heavy atom. The first kappa shape index (κ1) is 22.3. The molecule has 0 amide bonds. The maximum atomic E-state index is 2.51. The monoisotopic (exact) mass is 398 g/mol. The zero-order valence-corrected chi connectivity index (χ0v) is 20.6. The Hall–Kier alpha value is 0.0649. The first-order valence-electron chi connectivity index (χ1n) is 13.9. The van der Waals surface area contributed by atoms with Gasteiger partial charge in [-0.1, -0.05) is 84.4 Å². The van der Waals surface area contributed by atoms with Crippen LogP contribution in [-0.2, 0) is 0 Å². The van der Waals surface area contributed by atoms with Crippen molar-refractivity contribution < 1.29 is 0 Å². The van der Waals surface area contributed by atoms with Gasteiger partial charge < -0.3 is 0 Å². The van der Waals surface area contributed by atoms with Gasteiger partial charge in [-0.3, -0.25) is 0 Å². The molecule has 0 aromatic carbocycles. The van der Waals surface area contributed by atoms with E-state index in [2.05, 4.69) is 35.5 Å². The summed E-state index contributed by atoms with van der Waals surface area (Å²) in [7, 11) is 2.51. The fourth-order valence-corrected chi connectivity index (χ4v) is 8.55. The van der Waals surface area contributed by atoms with Gasteiger partial charge in [-0.2, -0.15) is 0 Å². The van der Waals surface area contributed by atoms with Crippen LogP contribution in [0.1, 0.15) is 124 Å². The molecule has 0 nitrogen and oxygen atoms in total. The van der Waals surface area contributed by atoms with E-state index in [1.807, 2.05) is 0 Å². The van der Waals surface area contributed by atoms with Crippen LogP contribution in [0.2, 0.25) is 5.31 Å². The first-order chi connectivity index (χ1) is 13.9. The highest BCUT2D eigenvalue weighted by Gasteiger charge is 2.56. The molecule has 0 saturated heterocycles. The molecular weight excluding hydrogens is 347 g/mol. The molecular formula is C28H51B. The second-order valence-corrected chi connectivity index (χ2v) is 13.3. The molecule has 166 valence electrons. The van der Waals surface area contributed by atoms with Gasteiger partial charge in [0.05, 0.1) is 0 Å². The van der Waals surface area contributed by atoms with E-state index in [1.165, 1.54) is 51.4 Å². The smallest absolute Gasteiger partial charge is 0.0669 e. The SMILES string of the molecule is BC1(C)CCCC(CCC(CC)C2CC3(CCC3CC(CCC)C3CC3C)C2)C1. The molecule has 4 fully saturated rings. The molecule has 0 radical (unpaired) electrons. The lowest BCUT2D eigenvalue weighted by molar-refractivity contribution is -0.119. The lowest BCUT2D eigenvalue weighted by Gasteiger charge is -2.62. The molecule has 4 saturated carbocycles. The number of hydrogen-bond donors (Lipinski definition) is 0. The normalized spacial score (nSPS) is 46.0. The van der Waals surface area contributed by atoms with Crippen LogP contribution in [0.5, 0.6) is 0 Å². The second kappa shape index (κ2) is 8.90. The van der Waals surface area contributed by atoms with Crippen LogP contribution in [0.25, 0.3) is 0 Å². The van der Waals surface area contributed by atoms with Crippen LogP contribution in [0.4, 0.5) is 0 Å². The zero-order chi connectivity index (χ0) is 20.6. The van der Waals surface area contributed by atoms with Crippen LogP contribution >= 0.6 is 0 Å². The average molecular weight is 399 g/mol. The Kier molecular flexibility index (Phi) is 6.83. The standard InChI is InChI=1S/C28H51B/c1-5-8-23(26-15-20(26)3)16-25-12-14-28(25)18-24(19-28)22(6-2)11-10-21-9-7-13-27(4,29)17-21/h20-26H,5-19,29H2,1-4H3. The van der Waals surface area contributed by atoms with Gasteiger partial charge in [-0.05, 0) is 91.8 Å². The van der Waals surface area contributed by atoms with Crippen LogP contribution in [0.15, 0.2) is 0 Å². The molecule has 0 bridgehead atoms. The Balaban J connectivity index is 1.23. The van der Waals surface area contributed by atoms with Crippen LogP contribution in [0, 0.1) is 46.8 Å². The van der Waals surface area contributed by atoms with Crippen molar-refractivity contribution in [3.8, 4) is 0 Å². The summed E-state index contributed by atoms with van der Waals surface area (Å²) in [6, 6.07) is 0. The summed E-state index contributed by atoms with van der Waals surface area (Å²) in [5.74, 6) is 7.50. The van der Waals surface area contributed by atoms with E-state index < -0.39 is 0 Å².